The number of rotatable bonds is 7. The van der Waals surface area contributed by atoms with Gasteiger partial charge in [0.1, 0.15) is 5.75 Å². The van der Waals surface area contributed by atoms with E-state index in [2.05, 4.69) is 47.1 Å². The minimum atomic E-state index is 0.447. The van der Waals surface area contributed by atoms with Crippen molar-refractivity contribution in [1.29, 1.82) is 0 Å². The summed E-state index contributed by atoms with van der Waals surface area (Å²) in [6.45, 7) is 2.85. The first-order valence-electron chi connectivity index (χ1n) is 7.18. The molecule has 21 heavy (non-hydrogen) atoms. The average molecular weight is 368 g/mol. The first-order valence-corrected chi connectivity index (χ1v) is 8.50. The zero-order valence-electron chi connectivity index (χ0n) is 12.2. The first kappa shape index (κ1) is 16.4. The summed E-state index contributed by atoms with van der Waals surface area (Å²) in [5.74, 6) is 2.02. The van der Waals surface area contributed by atoms with E-state index in [1.165, 1.54) is 11.1 Å². The molecule has 112 valence electrons. The van der Waals surface area contributed by atoms with Crippen molar-refractivity contribution >= 4 is 27.5 Å². The van der Waals surface area contributed by atoms with Crippen LogP contribution in [0.5, 0.6) is 5.75 Å². The third kappa shape index (κ3) is 5.37. The molecule has 0 aromatic heterocycles. The fraction of sp³-hybridized carbons (Fsp3) is 0.333. The van der Waals surface area contributed by atoms with Crippen LogP contribution in [0.1, 0.15) is 17.5 Å². The maximum atomic E-state index is 6.11. The van der Waals surface area contributed by atoms with Crippen LogP contribution < -0.4 is 4.74 Å². The maximum absolute atomic E-state index is 6.11. The van der Waals surface area contributed by atoms with Gasteiger partial charge in [-0.25, -0.2) is 0 Å². The molecule has 1 unspecified atom stereocenters. The Bertz CT molecular complexity index is 553. The largest absolute Gasteiger partial charge is 0.494 e. The van der Waals surface area contributed by atoms with Crippen molar-refractivity contribution in [2.75, 3.05) is 12.5 Å². The summed E-state index contributed by atoms with van der Waals surface area (Å²) < 4.78 is 6.84. The topological polar surface area (TPSA) is 9.23 Å². The second-order valence-corrected chi connectivity index (χ2v) is 6.47. The lowest BCUT2D eigenvalue weighted by Crippen LogP contribution is -2.12. The lowest BCUT2D eigenvalue weighted by molar-refractivity contribution is 0.284. The van der Waals surface area contributed by atoms with E-state index in [0.29, 0.717) is 18.4 Å². The van der Waals surface area contributed by atoms with Crippen LogP contribution in [0.3, 0.4) is 0 Å². The van der Waals surface area contributed by atoms with Gasteiger partial charge in [-0.05, 0) is 61.1 Å². The second kappa shape index (κ2) is 8.45. The normalized spacial score (nSPS) is 12.1. The van der Waals surface area contributed by atoms with Crippen LogP contribution in [-0.2, 0) is 6.42 Å². The molecule has 0 saturated heterocycles. The monoisotopic (exact) mass is 366 g/mol. The lowest BCUT2D eigenvalue weighted by atomic mass is 9.95. The summed E-state index contributed by atoms with van der Waals surface area (Å²) in [4.78, 5) is 0. The molecule has 1 atom stereocenters. The van der Waals surface area contributed by atoms with Crippen molar-refractivity contribution < 1.29 is 4.74 Å². The van der Waals surface area contributed by atoms with Crippen molar-refractivity contribution in [1.82, 2.24) is 0 Å². The van der Waals surface area contributed by atoms with E-state index in [-0.39, 0.29) is 0 Å². The van der Waals surface area contributed by atoms with Gasteiger partial charge in [0, 0.05) is 10.4 Å². The Balaban J connectivity index is 1.82. The Morgan fingerprint density at radius 3 is 2.48 bits per heavy atom. The van der Waals surface area contributed by atoms with Crippen molar-refractivity contribution in [2.24, 2.45) is 5.92 Å². The standard InChI is InChI=1S/C18H20BrClO/c1-14-4-2-3-5-16(14)12-15(13-20)10-11-21-18-8-6-17(19)7-9-18/h2-9,15H,10-13H2,1H3. The van der Waals surface area contributed by atoms with E-state index >= 15 is 0 Å². The molecule has 2 aromatic carbocycles. The molecule has 0 spiro atoms. The maximum Gasteiger partial charge on any atom is 0.119 e. The van der Waals surface area contributed by atoms with Crippen molar-refractivity contribution in [3.05, 3.63) is 64.1 Å². The van der Waals surface area contributed by atoms with E-state index in [1.54, 1.807) is 0 Å². The van der Waals surface area contributed by atoms with Gasteiger partial charge in [0.15, 0.2) is 0 Å². The number of hydrogen-bond donors (Lipinski definition) is 0. The zero-order chi connectivity index (χ0) is 15.1. The van der Waals surface area contributed by atoms with E-state index in [4.69, 9.17) is 16.3 Å². The summed E-state index contributed by atoms with van der Waals surface area (Å²) in [7, 11) is 0. The van der Waals surface area contributed by atoms with Gasteiger partial charge in [-0.3, -0.25) is 0 Å². The van der Waals surface area contributed by atoms with Gasteiger partial charge in [0.2, 0.25) is 0 Å². The Hall–Kier alpha value is -0.990. The molecule has 0 aliphatic rings. The molecule has 0 saturated carbocycles. The molecular formula is C18H20BrClO. The van der Waals surface area contributed by atoms with Gasteiger partial charge < -0.3 is 4.74 Å². The molecule has 0 aliphatic carbocycles. The molecule has 1 nitrogen and oxygen atoms in total. The molecular weight excluding hydrogens is 348 g/mol. The van der Waals surface area contributed by atoms with Crippen LogP contribution >= 0.6 is 27.5 Å². The Kier molecular flexibility index (Phi) is 6.59. The number of hydrogen-bond acceptors (Lipinski definition) is 1. The van der Waals surface area contributed by atoms with Gasteiger partial charge in [-0.15, -0.1) is 11.6 Å². The van der Waals surface area contributed by atoms with Crippen LogP contribution in [0.4, 0.5) is 0 Å². The summed E-state index contributed by atoms with van der Waals surface area (Å²) in [6.07, 6.45) is 1.98. The molecule has 0 aliphatic heterocycles. The fourth-order valence-electron chi connectivity index (χ4n) is 2.26. The van der Waals surface area contributed by atoms with Gasteiger partial charge >= 0.3 is 0 Å². The molecule has 0 heterocycles. The highest BCUT2D eigenvalue weighted by atomic mass is 79.9. The SMILES string of the molecule is Cc1ccccc1CC(CCl)CCOc1ccc(Br)cc1. The van der Waals surface area contributed by atoms with Gasteiger partial charge in [-0.1, -0.05) is 40.2 Å². The quantitative estimate of drug-likeness (QED) is 0.577. The highest BCUT2D eigenvalue weighted by molar-refractivity contribution is 9.10. The van der Waals surface area contributed by atoms with Crippen LogP contribution in [0.2, 0.25) is 0 Å². The van der Waals surface area contributed by atoms with Gasteiger partial charge in [0.05, 0.1) is 6.61 Å². The van der Waals surface area contributed by atoms with E-state index in [0.717, 1.165) is 23.1 Å². The molecule has 0 N–H and O–H groups in total. The zero-order valence-corrected chi connectivity index (χ0v) is 14.5. The minimum Gasteiger partial charge on any atom is -0.494 e. The molecule has 0 fully saturated rings. The number of halogens is 2. The second-order valence-electron chi connectivity index (χ2n) is 5.24. The number of alkyl halides is 1. The highest BCUT2D eigenvalue weighted by Crippen LogP contribution is 2.19. The number of ether oxygens (including phenoxy) is 1. The third-order valence-electron chi connectivity index (χ3n) is 3.60. The van der Waals surface area contributed by atoms with E-state index in [1.807, 2.05) is 24.3 Å². The van der Waals surface area contributed by atoms with Crippen molar-refractivity contribution in [3.63, 3.8) is 0 Å². The number of aryl methyl sites for hydroxylation is 1. The first-order chi connectivity index (χ1) is 10.2. The summed E-state index contributed by atoms with van der Waals surface area (Å²) in [5.41, 5.74) is 2.72. The Morgan fingerprint density at radius 2 is 1.81 bits per heavy atom. The van der Waals surface area contributed by atoms with Gasteiger partial charge in [-0.2, -0.15) is 0 Å². The summed E-state index contributed by atoms with van der Waals surface area (Å²) in [5, 5.41) is 0. The molecule has 0 amide bonds. The van der Waals surface area contributed by atoms with E-state index in [9.17, 15) is 0 Å². The molecule has 0 bridgehead atoms. The molecule has 2 aromatic rings. The Morgan fingerprint density at radius 1 is 1.10 bits per heavy atom. The summed E-state index contributed by atoms with van der Waals surface area (Å²) in [6, 6.07) is 16.4. The fourth-order valence-corrected chi connectivity index (χ4v) is 2.79. The average Bonchev–Trinajstić information content (AvgIpc) is 2.50. The molecule has 0 radical (unpaired) electrons. The van der Waals surface area contributed by atoms with Gasteiger partial charge in [0.25, 0.3) is 0 Å². The highest BCUT2D eigenvalue weighted by Gasteiger charge is 2.10. The lowest BCUT2D eigenvalue weighted by Gasteiger charge is -2.16. The summed E-state index contributed by atoms with van der Waals surface area (Å²) >= 11 is 9.53. The predicted octanol–water partition coefficient (Wildman–Crippen LogP) is 5.62. The van der Waals surface area contributed by atoms with Crippen molar-refractivity contribution in [2.45, 2.75) is 19.8 Å². The molecule has 3 heteroatoms. The third-order valence-corrected chi connectivity index (χ3v) is 4.56. The van der Waals surface area contributed by atoms with Crippen LogP contribution in [0, 0.1) is 12.8 Å². The number of benzene rings is 2. The van der Waals surface area contributed by atoms with E-state index < -0.39 is 0 Å². The van der Waals surface area contributed by atoms with Crippen LogP contribution in [0.25, 0.3) is 0 Å². The van der Waals surface area contributed by atoms with Crippen LogP contribution in [0.15, 0.2) is 53.0 Å². The molecule has 2 rings (SSSR count). The minimum absolute atomic E-state index is 0.447. The van der Waals surface area contributed by atoms with Crippen molar-refractivity contribution in [3.8, 4) is 5.75 Å². The predicted molar refractivity (Wildman–Crippen MR) is 93.3 cm³/mol. The van der Waals surface area contributed by atoms with Crippen LogP contribution in [-0.4, -0.2) is 12.5 Å². The smallest absolute Gasteiger partial charge is 0.119 e. The Labute approximate surface area is 140 Å².